The first-order valence-corrected chi connectivity index (χ1v) is 13.1. The highest BCUT2D eigenvalue weighted by Gasteiger charge is 2.27. The van der Waals surface area contributed by atoms with Crippen LogP contribution < -0.4 is 10.1 Å². The Morgan fingerprint density at radius 1 is 1.24 bits per heavy atom. The Morgan fingerprint density at radius 3 is 2.68 bits per heavy atom. The number of aliphatic imine (C=N–C) groups is 1. The van der Waals surface area contributed by atoms with E-state index in [1.165, 1.54) is 11.1 Å². The lowest BCUT2D eigenvalue weighted by molar-refractivity contribution is -0.131. The minimum Gasteiger partial charge on any atom is -0.490 e. The van der Waals surface area contributed by atoms with Crippen LogP contribution in [-0.4, -0.2) is 74.6 Å². The van der Waals surface area contributed by atoms with Gasteiger partial charge in [-0.1, -0.05) is 24.8 Å². The number of likely N-dealkylation sites (N-methyl/N-ethyl adjacent to an activating group) is 1. The molecule has 0 aromatic heterocycles. The molecule has 2 aromatic rings. The molecule has 2 aliphatic rings. The van der Waals surface area contributed by atoms with Gasteiger partial charge < -0.3 is 24.6 Å². The number of fused-ring (bicyclic) bond motifs is 1. The molecular formula is C30H37N5O3. The van der Waals surface area contributed by atoms with Crippen LogP contribution in [0, 0.1) is 11.3 Å². The van der Waals surface area contributed by atoms with Gasteiger partial charge in [-0.15, -0.1) is 0 Å². The molecule has 1 amide bonds. The predicted molar refractivity (Wildman–Crippen MR) is 149 cm³/mol. The first-order chi connectivity index (χ1) is 18.3. The van der Waals surface area contributed by atoms with Gasteiger partial charge in [0.05, 0.1) is 31.0 Å². The maximum absolute atomic E-state index is 12.7. The number of nitrogens with one attached hydrogen (secondary N) is 1. The lowest BCUT2D eigenvalue weighted by atomic mass is 10.0. The molecule has 0 spiro atoms. The smallest absolute Gasteiger partial charge is 0.236 e. The summed E-state index contributed by atoms with van der Waals surface area (Å²) in [6, 6.07) is 13.8. The second-order valence-corrected chi connectivity index (χ2v) is 10.1. The second kappa shape index (κ2) is 12.2. The van der Waals surface area contributed by atoms with Crippen molar-refractivity contribution in [2.75, 3.05) is 46.9 Å². The summed E-state index contributed by atoms with van der Waals surface area (Å²) in [5, 5.41) is 13.1. The number of carbonyl (C=O) groups is 1. The highest BCUT2D eigenvalue weighted by molar-refractivity contribution is 5.98. The molecule has 38 heavy (non-hydrogen) atoms. The van der Waals surface area contributed by atoms with Crippen molar-refractivity contribution in [1.29, 1.82) is 5.26 Å². The van der Waals surface area contributed by atoms with Gasteiger partial charge in [-0.25, -0.2) is 4.99 Å². The molecule has 8 nitrogen and oxygen atoms in total. The number of piperazine rings is 1. The number of methoxy groups -OCH3 is 1. The zero-order chi connectivity index (χ0) is 27.2. The van der Waals surface area contributed by atoms with Crippen molar-refractivity contribution in [2.24, 2.45) is 4.99 Å². The van der Waals surface area contributed by atoms with Crippen molar-refractivity contribution in [3.05, 3.63) is 70.8 Å². The van der Waals surface area contributed by atoms with Crippen LogP contribution in [0.25, 0.3) is 5.70 Å². The summed E-state index contributed by atoms with van der Waals surface area (Å²) in [5.74, 6) is 1.07. The lowest BCUT2D eigenvalue weighted by Gasteiger charge is -2.32. The fourth-order valence-corrected chi connectivity index (χ4v) is 5.03. The molecule has 2 aromatic carbocycles. The second-order valence-electron chi connectivity index (χ2n) is 10.1. The molecule has 0 bridgehead atoms. The van der Waals surface area contributed by atoms with Crippen molar-refractivity contribution < 1.29 is 14.3 Å². The zero-order valence-electron chi connectivity index (χ0n) is 22.8. The van der Waals surface area contributed by atoms with Gasteiger partial charge in [0.25, 0.3) is 0 Å². The van der Waals surface area contributed by atoms with E-state index in [2.05, 4.69) is 36.0 Å². The van der Waals surface area contributed by atoms with Crippen LogP contribution in [-0.2, 0) is 16.0 Å². The molecule has 1 aliphatic carbocycles. The van der Waals surface area contributed by atoms with E-state index in [-0.39, 0.29) is 18.1 Å². The minimum atomic E-state index is -0.0355. The number of nitriles is 1. The van der Waals surface area contributed by atoms with Gasteiger partial charge in [-0.05, 0) is 63.1 Å². The maximum Gasteiger partial charge on any atom is 0.236 e. The van der Waals surface area contributed by atoms with Crippen LogP contribution in [0.1, 0.15) is 54.1 Å². The van der Waals surface area contributed by atoms with Crippen molar-refractivity contribution in [2.45, 2.75) is 38.8 Å². The quantitative estimate of drug-likeness (QED) is 0.425. The summed E-state index contributed by atoms with van der Waals surface area (Å²) in [4.78, 5) is 21.6. The van der Waals surface area contributed by atoms with Crippen molar-refractivity contribution in [3.8, 4) is 11.8 Å². The van der Waals surface area contributed by atoms with E-state index in [0.717, 1.165) is 44.6 Å². The lowest BCUT2D eigenvalue weighted by Crippen LogP contribution is -2.49. The van der Waals surface area contributed by atoms with Crippen LogP contribution in [0.15, 0.2) is 48.0 Å². The number of nitrogens with zero attached hydrogens (tertiary/aromatic N) is 4. The van der Waals surface area contributed by atoms with Gasteiger partial charge in [0.2, 0.25) is 11.8 Å². The van der Waals surface area contributed by atoms with Crippen LogP contribution in [0.3, 0.4) is 0 Å². The van der Waals surface area contributed by atoms with Gasteiger partial charge in [0, 0.05) is 43.3 Å². The molecular weight excluding hydrogens is 478 g/mol. The van der Waals surface area contributed by atoms with Gasteiger partial charge in [0.15, 0.2) is 0 Å². The van der Waals surface area contributed by atoms with E-state index in [9.17, 15) is 10.1 Å². The van der Waals surface area contributed by atoms with E-state index in [1.54, 1.807) is 19.2 Å². The summed E-state index contributed by atoms with van der Waals surface area (Å²) in [5.41, 5.74) is 5.04. The van der Waals surface area contributed by atoms with E-state index in [0.29, 0.717) is 35.0 Å². The van der Waals surface area contributed by atoms with E-state index in [4.69, 9.17) is 14.5 Å². The summed E-state index contributed by atoms with van der Waals surface area (Å²) < 4.78 is 11.3. The fourth-order valence-electron chi connectivity index (χ4n) is 5.03. The molecule has 0 radical (unpaired) electrons. The monoisotopic (exact) mass is 515 g/mol. The Labute approximate surface area is 225 Å². The van der Waals surface area contributed by atoms with E-state index < -0.39 is 0 Å². The number of carbonyl (C=O) groups excluding carboxylic acids is 1. The average molecular weight is 516 g/mol. The van der Waals surface area contributed by atoms with Crippen LogP contribution in [0.2, 0.25) is 0 Å². The maximum atomic E-state index is 12.7. The number of benzene rings is 2. The largest absolute Gasteiger partial charge is 0.490 e. The van der Waals surface area contributed by atoms with Crippen LogP contribution in [0.4, 0.5) is 0 Å². The zero-order valence-corrected chi connectivity index (χ0v) is 22.8. The third-order valence-corrected chi connectivity index (χ3v) is 7.08. The first-order valence-electron chi connectivity index (χ1n) is 13.1. The number of amides is 1. The SMILES string of the molecule is C=C(N=C(OC)c1ccc(OC(C)C)c(C#N)c1)c1cccc2c1CCC2NCC(=O)N1CCN(C)CC1. The topological polar surface area (TPSA) is 90.2 Å². The van der Waals surface area contributed by atoms with Crippen molar-refractivity contribution in [1.82, 2.24) is 15.1 Å². The third-order valence-electron chi connectivity index (χ3n) is 7.08. The average Bonchev–Trinajstić information content (AvgIpc) is 3.33. The minimum absolute atomic E-state index is 0.0355. The fraction of sp³-hybridized carbons (Fsp3) is 0.433. The highest BCUT2D eigenvalue weighted by atomic mass is 16.5. The predicted octanol–water partition coefficient (Wildman–Crippen LogP) is 3.76. The Kier molecular flexibility index (Phi) is 8.82. The van der Waals surface area contributed by atoms with Crippen molar-refractivity contribution in [3.63, 3.8) is 0 Å². The highest BCUT2D eigenvalue weighted by Crippen LogP contribution is 2.36. The Morgan fingerprint density at radius 2 is 2.00 bits per heavy atom. The molecule has 1 unspecified atom stereocenters. The normalized spacial score (nSPS) is 17.7. The van der Waals surface area contributed by atoms with Crippen LogP contribution >= 0.6 is 0 Å². The van der Waals surface area contributed by atoms with E-state index >= 15 is 0 Å². The molecule has 4 rings (SSSR count). The van der Waals surface area contributed by atoms with Gasteiger partial charge in [0.1, 0.15) is 11.8 Å². The summed E-state index contributed by atoms with van der Waals surface area (Å²) in [6.07, 6.45) is 1.76. The Hall–Kier alpha value is -3.67. The molecule has 1 N–H and O–H groups in total. The molecule has 1 fully saturated rings. The summed E-state index contributed by atoms with van der Waals surface area (Å²) >= 11 is 0. The molecule has 1 atom stereocenters. The molecule has 8 heteroatoms. The molecule has 1 heterocycles. The molecule has 0 saturated carbocycles. The van der Waals surface area contributed by atoms with E-state index in [1.807, 2.05) is 36.9 Å². The Balaban J connectivity index is 1.48. The van der Waals surface area contributed by atoms with Gasteiger partial charge in [-0.3, -0.25) is 4.79 Å². The molecule has 1 aliphatic heterocycles. The number of hydrogen-bond acceptors (Lipinski definition) is 7. The summed E-state index contributed by atoms with van der Waals surface area (Å²) in [7, 11) is 3.64. The third kappa shape index (κ3) is 6.24. The Bertz CT molecular complexity index is 1260. The van der Waals surface area contributed by atoms with Gasteiger partial charge >= 0.3 is 0 Å². The summed E-state index contributed by atoms with van der Waals surface area (Å²) in [6.45, 7) is 11.8. The number of rotatable bonds is 8. The number of ether oxygens (including phenoxy) is 2. The van der Waals surface area contributed by atoms with Gasteiger partial charge in [-0.2, -0.15) is 5.26 Å². The van der Waals surface area contributed by atoms with Crippen molar-refractivity contribution >= 4 is 17.5 Å². The molecule has 200 valence electrons. The number of hydrogen-bond donors (Lipinski definition) is 1. The van der Waals surface area contributed by atoms with Crippen LogP contribution in [0.5, 0.6) is 5.75 Å². The molecule has 1 saturated heterocycles. The standard InChI is InChI=1S/C30H37N5O3/c1-20(2)38-28-12-9-22(17-23(28)18-31)30(37-5)33-21(3)24-7-6-8-26-25(24)10-11-27(26)32-19-29(36)35-15-13-34(4)14-16-35/h6-9,12,17,20,27,32H,3,10-11,13-16,19H2,1-2,4-5H3. The first kappa shape index (κ1) is 27.4.